The number of rotatable bonds is 4. The molecule has 4 heteroatoms. The van der Waals surface area contributed by atoms with Crippen molar-refractivity contribution in [3.63, 3.8) is 0 Å². The van der Waals surface area contributed by atoms with E-state index in [0.717, 1.165) is 45.4 Å². The van der Waals surface area contributed by atoms with Crippen molar-refractivity contribution in [2.24, 2.45) is 11.7 Å². The lowest BCUT2D eigenvalue weighted by Crippen LogP contribution is -2.42. The Bertz CT molecular complexity index is 280. The molecule has 0 radical (unpaired) electrons. The first-order chi connectivity index (χ1) is 9.16. The second-order valence-corrected chi connectivity index (χ2v) is 6.10. The molecule has 2 fully saturated rings. The molecule has 0 aromatic carbocycles. The van der Waals surface area contributed by atoms with E-state index >= 15 is 0 Å². The Hall–Kier alpha value is -0.610. The molecule has 110 valence electrons. The molecule has 2 aliphatic heterocycles. The molecule has 2 unspecified atom stereocenters. The van der Waals surface area contributed by atoms with Crippen LogP contribution < -0.4 is 5.73 Å². The summed E-state index contributed by atoms with van der Waals surface area (Å²) in [5.74, 6) is 0.892. The molecule has 2 saturated heterocycles. The van der Waals surface area contributed by atoms with Gasteiger partial charge < -0.3 is 15.4 Å². The molecule has 2 atom stereocenters. The van der Waals surface area contributed by atoms with Gasteiger partial charge >= 0.3 is 0 Å². The molecule has 2 rings (SSSR count). The minimum atomic E-state index is 0.257. The molecule has 2 aliphatic rings. The number of carbonyl (C=O) groups is 1. The summed E-state index contributed by atoms with van der Waals surface area (Å²) in [5.41, 5.74) is 5.92. The van der Waals surface area contributed by atoms with Crippen LogP contribution in [0.4, 0.5) is 0 Å². The second-order valence-electron chi connectivity index (χ2n) is 6.10. The lowest BCUT2D eigenvalue weighted by atomic mass is 9.91. The standard InChI is InChI=1S/C15H28N2O2/c1-12(16)13-7-9-17(10-8-13)15(18)6-5-14-4-2-3-11-19-14/h12-14H,2-11,16H2,1H3. The van der Waals surface area contributed by atoms with Crippen molar-refractivity contribution < 1.29 is 9.53 Å². The number of nitrogens with two attached hydrogens (primary N) is 1. The number of piperidine rings is 1. The van der Waals surface area contributed by atoms with Crippen LogP contribution in [-0.4, -0.2) is 42.6 Å². The van der Waals surface area contributed by atoms with E-state index in [9.17, 15) is 4.79 Å². The molecule has 0 aliphatic carbocycles. The van der Waals surface area contributed by atoms with Crippen LogP contribution in [0.25, 0.3) is 0 Å². The Balaban J connectivity index is 1.66. The quantitative estimate of drug-likeness (QED) is 0.847. The Morgan fingerprint density at radius 2 is 2.05 bits per heavy atom. The minimum Gasteiger partial charge on any atom is -0.378 e. The van der Waals surface area contributed by atoms with E-state index in [4.69, 9.17) is 10.5 Å². The molecule has 1 amide bonds. The van der Waals surface area contributed by atoms with E-state index in [1.165, 1.54) is 12.8 Å². The number of carbonyl (C=O) groups excluding carboxylic acids is 1. The number of hydrogen-bond donors (Lipinski definition) is 1. The van der Waals surface area contributed by atoms with Gasteiger partial charge in [-0.1, -0.05) is 0 Å². The maximum Gasteiger partial charge on any atom is 0.222 e. The van der Waals surface area contributed by atoms with E-state index in [0.29, 0.717) is 24.3 Å². The van der Waals surface area contributed by atoms with Crippen molar-refractivity contribution in [1.29, 1.82) is 0 Å². The molecule has 2 heterocycles. The molecular formula is C15H28N2O2. The fraction of sp³-hybridized carbons (Fsp3) is 0.933. The SMILES string of the molecule is CC(N)C1CCN(C(=O)CCC2CCCCO2)CC1. The average Bonchev–Trinajstić information content (AvgIpc) is 2.46. The van der Waals surface area contributed by atoms with Crippen LogP contribution in [0, 0.1) is 5.92 Å². The molecule has 0 aromatic heterocycles. The smallest absolute Gasteiger partial charge is 0.222 e. The third kappa shape index (κ3) is 4.46. The van der Waals surface area contributed by atoms with Crippen LogP contribution in [0.2, 0.25) is 0 Å². The summed E-state index contributed by atoms with van der Waals surface area (Å²) in [7, 11) is 0. The van der Waals surface area contributed by atoms with Crippen molar-refractivity contribution in [3.05, 3.63) is 0 Å². The van der Waals surface area contributed by atoms with Gasteiger partial charge in [0.15, 0.2) is 0 Å². The first-order valence-electron chi connectivity index (χ1n) is 7.82. The summed E-state index contributed by atoms with van der Waals surface area (Å²) in [6, 6.07) is 0.257. The molecule has 0 aromatic rings. The summed E-state index contributed by atoms with van der Waals surface area (Å²) in [5, 5.41) is 0. The van der Waals surface area contributed by atoms with Crippen LogP contribution in [-0.2, 0) is 9.53 Å². The van der Waals surface area contributed by atoms with Gasteiger partial charge in [-0.25, -0.2) is 0 Å². The number of hydrogen-bond acceptors (Lipinski definition) is 3. The van der Waals surface area contributed by atoms with Crippen LogP contribution in [0.1, 0.15) is 51.9 Å². The first-order valence-corrected chi connectivity index (χ1v) is 7.82. The summed E-state index contributed by atoms with van der Waals surface area (Å²) in [4.78, 5) is 14.2. The number of amides is 1. The van der Waals surface area contributed by atoms with Gasteiger partial charge in [-0.05, 0) is 51.4 Å². The third-order valence-electron chi connectivity index (χ3n) is 4.59. The van der Waals surface area contributed by atoms with Crippen molar-refractivity contribution in [1.82, 2.24) is 4.90 Å². The highest BCUT2D eigenvalue weighted by Crippen LogP contribution is 2.22. The maximum atomic E-state index is 12.2. The molecule has 19 heavy (non-hydrogen) atoms. The highest BCUT2D eigenvalue weighted by atomic mass is 16.5. The zero-order chi connectivity index (χ0) is 13.7. The van der Waals surface area contributed by atoms with Crippen LogP contribution in [0.3, 0.4) is 0 Å². The normalized spacial score (nSPS) is 27.3. The van der Waals surface area contributed by atoms with Crippen LogP contribution in [0.5, 0.6) is 0 Å². The van der Waals surface area contributed by atoms with E-state index in [2.05, 4.69) is 6.92 Å². The molecule has 0 saturated carbocycles. The fourth-order valence-electron chi connectivity index (χ4n) is 3.15. The highest BCUT2D eigenvalue weighted by molar-refractivity contribution is 5.76. The Labute approximate surface area is 116 Å². The Morgan fingerprint density at radius 3 is 2.63 bits per heavy atom. The van der Waals surface area contributed by atoms with Gasteiger partial charge in [-0.15, -0.1) is 0 Å². The predicted octanol–water partition coefficient (Wildman–Crippen LogP) is 1.92. The molecule has 0 spiro atoms. The van der Waals surface area contributed by atoms with E-state index in [1.807, 2.05) is 4.90 Å². The summed E-state index contributed by atoms with van der Waals surface area (Å²) in [6.07, 6.45) is 7.53. The first kappa shape index (κ1) is 14.8. The zero-order valence-electron chi connectivity index (χ0n) is 12.1. The number of ether oxygens (including phenoxy) is 1. The van der Waals surface area contributed by atoms with Crippen molar-refractivity contribution in [2.45, 2.75) is 64.0 Å². The topological polar surface area (TPSA) is 55.6 Å². The van der Waals surface area contributed by atoms with Crippen LogP contribution in [0.15, 0.2) is 0 Å². The molecule has 2 N–H and O–H groups in total. The highest BCUT2D eigenvalue weighted by Gasteiger charge is 2.25. The minimum absolute atomic E-state index is 0.257. The van der Waals surface area contributed by atoms with Gasteiger partial charge in [-0.3, -0.25) is 4.79 Å². The van der Waals surface area contributed by atoms with Gasteiger partial charge in [0.05, 0.1) is 6.10 Å². The summed E-state index contributed by atoms with van der Waals surface area (Å²) < 4.78 is 5.68. The lowest BCUT2D eigenvalue weighted by molar-refractivity contribution is -0.133. The molecule has 4 nitrogen and oxygen atoms in total. The third-order valence-corrected chi connectivity index (χ3v) is 4.59. The number of likely N-dealkylation sites (tertiary alicyclic amines) is 1. The Morgan fingerprint density at radius 1 is 1.32 bits per heavy atom. The predicted molar refractivity (Wildman–Crippen MR) is 75.8 cm³/mol. The van der Waals surface area contributed by atoms with Gasteiger partial charge in [0.25, 0.3) is 0 Å². The van der Waals surface area contributed by atoms with Gasteiger partial charge in [-0.2, -0.15) is 0 Å². The monoisotopic (exact) mass is 268 g/mol. The van der Waals surface area contributed by atoms with Gasteiger partial charge in [0.2, 0.25) is 5.91 Å². The zero-order valence-corrected chi connectivity index (χ0v) is 12.1. The fourth-order valence-corrected chi connectivity index (χ4v) is 3.15. The second kappa shape index (κ2) is 7.25. The van der Waals surface area contributed by atoms with E-state index < -0.39 is 0 Å². The van der Waals surface area contributed by atoms with Crippen molar-refractivity contribution in [3.8, 4) is 0 Å². The maximum absolute atomic E-state index is 12.2. The molecular weight excluding hydrogens is 240 g/mol. The van der Waals surface area contributed by atoms with Gasteiger partial charge in [0, 0.05) is 32.2 Å². The van der Waals surface area contributed by atoms with E-state index in [-0.39, 0.29) is 6.04 Å². The summed E-state index contributed by atoms with van der Waals surface area (Å²) >= 11 is 0. The lowest BCUT2D eigenvalue weighted by Gasteiger charge is -2.34. The average molecular weight is 268 g/mol. The summed E-state index contributed by atoms with van der Waals surface area (Å²) in [6.45, 7) is 4.72. The molecule has 0 bridgehead atoms. The van der Waals surface area contributed by atoms with Crippen molar-refractivity contribution in [2.75, 3.05) is 19.7 Å². The Kier molecular flexibility index (Phi) is 5.64. The van der Waals surface area contributed by atoms with Crippen molar-refractivity contribution >= 4 is 5.91 Å². The van der Waals surface area contributed by atoms with Gasteiger partial charge in [0.1, 0.15) is 0 Å². The largest absolute Gasteiger partial charge is 0.378 e. The van der Waals surface area contributed by atoms with E-state index in [1.54, 1.807) is 0 Å². The van der Waals surface area contributed by atoms with Crippen LogP contribution >= 0.6 is 0 Å². The number of nitrogens with zero attached hydrogens (tertiary/aromatic N) is 1.